The molecule has 206 valence electrons. The normalized spacial score (nSPS) is 14.7. The average Bonchev–Trinajstić information content (AvgIpc) is 2.90. The first-order chi connectivity index (χ1) is 18.5. The number of carbonyl (C=O) groups is 1. The Bertz CT molecular complexity index is 1350. The van der Waals surface area contributed by atoms with Gasteiger partial charge in [-0.3, -0.25) is 0 Å². The van der Waals surface area contributed by atoms with Gasteiger partial charge in [-0.25, -0.2) is 9.78 Å². The molecule has 3 rings (SSSR count). The van der Waals surface area contributed by atoms with Crippen LogP contribution in [0.1, 0.15) is 54.6 Å². The summed E-state index contributed by atoms with van der Waals surface area (Å²) in [7, 11) is 0. The molecular weight excluding hydrogens is 532 g/mol. The van der Waals surface area contributed by atoms with E-state index in [9.17, 15) is 15.3 Å². The summed E-state index contributed by atoms with van der Waals surface area (Å²) in [4.78, 5) is 19.0. The number of nitrogens with two attached hydrogens (primary N) is 1. The highest BCUT2D eigenvalue weighted by molar-refractivity contribution is 7.99. The minimum atomic E-state index is -0.744. The molecule has 10 heteroatoms. The standard InChI is InChI=1S/C27H28N4O3S2.C2H6O/c1-14(2)33-27(32)24-22(13-36-26-20(11-28)16(4)15(3)17(5)31-26)34-25(30)21(12-29)23(24)18-7-9-19(35-6)10-8-18;1-2-3/h7-10,14,23H,13,30H2,1-6H3;3H,2H2,1H3. The molecule has 1 aromatic carbocycles. The van der Waals surface area contributed by atoms with Gasteiger partial charge in [-0.2, -0.15) is 10.5 Å². The van der Waals surface area contributed by atoms with Gasteiger partial charge in [0.2, 0.25) is 5.88 Å². The number of aliphatic hydroxyl groups excluding tert-OH is 1. The summed E-state index contributed by atoms with van der Waals surface area (Å²) in [6.07, 6.45) is 1.60. The van der Waals surface area contributed by atoms with E-state index in [2.05, 4.69) is 17.1 Å². The fourth-order valence-corrected chi connectivity index (χ4v) is 5.27. The molecule has 0 amide bonds. The number of allylic oxidation sites excluding steroid dienone is 1. The molecule has 1 aromatic heterocycles. The molecule has 1 aliphatic heterocycles. The first-order valence-corrected chi connectivity index (χ1v) is 14.5. The van der Waals surface area contributed by atoms with Crippen LogP contribution in [0.3, 0.4) is 0 Å². The van der Waals surface area contributed by atoms with Crippen LogP contribution in [0.5, 0.6) is 0 Å². The van der Waals surface area contributed by atoms with Gasteiger partial charge in [-0.15, -0.1) is 11.8 Å². The minimum absolute atomic E-state index is 0.0575. The van der Waals surface area contributed by atoms with E-state index in [0.717, 1.165) is 27.3 Å². The Kier molecular flexibility index (Phi) is 11.9. The Morgan fingerprint density at radius 3 is 2.31 bits per heavy atom. The van der Waals surface area contributed by atoms with Gasteiger partial charge >= 0.3 is 5.97 Å². The predicted octanol–water partition coefficient (Wildman–Crippen LogP) is 5.40. The number of aromatic nitrogens is 1. The van der Waals surface area contributed by atoms with E-state index in [1.807, 2.05) is 51.3 Å². The molecule has 1 aliphatic rings. The highest BCUT2D eigenvalue weighted by Crippen LogP contribution is 2.42. The summed E-state index contributed by atoms with van der Waals surface area (Å²) >= 11 is 2.87. The first kappa shape index (κ1) is 31.8. The Morgan fingerprint density at radius 2 is 1.79 bits per heavy atom. The van der Waals surface area contributed by atoms with Gasteiger partial charge < -0.3 is 20.3 Å². The molecule has 0 fully saturated rings. The molecule has 0 aliphatic carbocycles. The van der Waals surface area contributed by atoms with Crippen LogP contribution in [-0.4, -0.2) is 40.8 Å². The third-order valence-corrected chi connectivity index (χ3v) is 7.64. The molecule has 3 N–H and O–H groups in total. The average molecular weight is 567 g/mol. The second-order valence-electron chi connectivity index (χ2n) is 8.83. The number of nitriles is 2. The van der Waals surface area contributed by atoms with Crippen LogP contribution in [0.2, 0.25) is 0 Å². The van der Waals surface area contributed by atoms with Crippen molar-refractivity contribution >= 4 is 29.5 Å². The highest BCUT2D eigenvalue weighted by atomic mass is 32.2. The topological polar surface area (TPSA) is 142 Å². The van der Waals surface area contributed by atoms with Crippen molar-refractivity contribution in [2.45, 2.75) is 63.5 Å². The molecule has 2 aromatic rings. The molecule has 0 spiro atoms. The fourth-order valence-electron chi connectivity index (χ4n) is 3.84. The summed E-state index contributed by atoms with van der Waals surface area (Å²) in [5.74, 6) is -0.929. The Morgan fingerprint density at radius 1 is 1.18 bits per heavy atom. The maximum Gasteiger partial charge on any atom is 0.338 e. The van der Waals surface area contributed by atoms with Crippen LogP contribution in [0.15, 0.2) is 57.0 Å². The number of aliphatic hydroxyl groups is 1. The number of nitrogens with zero attached hydrogens (tertiary/aromatic N) is 3. The fraction of sp³-hybridized carbons (Fsp3) is 0.379. The number of pyridine rings is 1. The zero-order chi connectivity index (χ0) is 29.3. The monoisotopic (exact) mass is 566 g/mol. The Balaban J connectivity index is 0.00000170. The summed E-state index contributed by atoms with van der Waals surface area (Å²) in [6, 6.07) is 12.0. The second kappa shape index (κ2) is 14.6. The van der Waals surface area contributed by atoms with Crippen LogP contribution in [-0.2, 0) is 14.3 Å². The SMILES string of the molecule is CCO.CSc1ccc(C2C(C#N)=C(N)OC(CSc3nc(C)c(C)c(C)c3C#N)=C2C(=O)OC(C)C)cc1. The molecule has 1 atom stereocenters. The van der Waals surface area contributed by atoms with Crippen molar-refractivity contribution in [1.82, 2.24) is 4.98 Å². The van der Waals surface area contributed by atoms with E-state index in [0.29, 0.717) is 10.6 Å². The van der Waals surface area contributed by atoms with Crippen molar-refractivity contribution in [3.63, 3.8) is 0 Å². The number of esters is 1. The van der Waals surface area contributed by atoms with Crippen molar-refractivity contribution in [3.8, 4) is 12.1 Å². The van der Waals surface area contributed by atoms with E-state index >= 15 is 0 Å². The number of hydrogen-bond acceptors (Lipinski definition) is 10. The van der Waals surface area contributed by atoms with E-state index < -0.39 is 11.9 Å². The second-order valence-corrected chi connectivity index (χ2v) is 10.7. The lowest BCUT2D eigenvalue weighted by molar-refractivity contribution is -0.143. The number of rotatable bonds is 7. The first-order valence-electron chi connectivity index (χ1n) is 12.3. The highest BCUT2D eigenvalue weighted by Gasteiger charge is 2.38. The number of hydrogen-bond donors (Lipinski definition) is 2. The van der Waals surface area contributed by atoms with Crippen LogP contribution in [0, 0.1) is 43.4 Å². The minimum Gasteiger partial charge on any atom is -0.459 e. The molecule has 1 unspecified atom stereocenters. The molecule has 0 saturated carbocycles. The van der Waals surface area contributed by atoms with Crippen molar-refractivity contribution in [2.75, 3.05) is 18.6 Å². The largest absolute Gasteiger partial charge is 0.459 e. The zero-order valence-corrected chi connectivity index (χ0v) is 24.9. The van der Waals surface area contributed by atoms with Crippen molar-refractivity contribution in [2.24, 2.45) is 5.73 Å². The molecule has 8 nitrogen and oxygen atoms in total. The van der Waals surface area contributed by atoms with Crippen molar-refractivity contribution in [1.29, 1.82) is 10.5 Å². The van der Waals surface area contributed by atoms with E-state index in [4.69, 9.17) is 20.3 Å². The third kappa shape index (κ3) is 7.57. The van der Waals surface area contributed by atoms with Crippen LogP contribution >= 0.6 is 23.5 Å². The lowest BCUT2D eigenvalue weighted by Gasteiger charge is -2.28. The van der Waals surface area contributed by atoms with Crippen LogP contribution in [0.25, 0.3) is 0 Å². The summed E-state index contributed by atoms with van der Waals surface area (Å²) < 4.78 is 11.4. The quantitative estimate of drug-likeness (QED) is 0.330. The summed E-state index contributed by atoms with van der Waals surface area (Å²) in [5.41, 5.74) is 10.4. The molecule has 2 heterocycles. The predicted molar refractivity (Wildman–Crippen MR) is 154 cm³/mol. The van der Waals surface area contributed by atoms with E-state index in [1.165, 1.54) is 11.8 Å². The maximum absolute atomic E-state index is 13.4. The van der Waals surface area contributed by atoms with Gasteiger partial charge in [0.15, 0.2) is 0 Å². The summed E-state index contributed by atoms with van der Waals surface area (Å²) in [5, 5.41) is 27.8. The molecular formula is C29H34N4O4S2. The van der Waals surface area contributed by atoms with Crippen LogP contribution < -0.4 is 5.73 Å². The van der Waals surface area contributed by atoms with Gasteiger partial charge in [0, 0.05) is 17.2 Å². The van der Waals surface area contributed by atoms with Crippen LogP contribution in [0.4, 0.5) is 0 Å². The van der Waals surface area contributed by atoms with Gasteiger partial charge in [-0.1, -0.05) is 23.9 Å². The molecule has 0 saturated heterocycles. The van der Waals surface area contributed by atoms with Crippen molar-refractivity contribution < 1.29 is 19.4 Å². The number of aryl methyl sites for hydroxylation is 1. The number of ether oxygens (including phenoxy) is 2. The van der Waals surface area contributed by atoms with Gasteiger partial charge in [0.1, 0.15) is 28.5 Å². The smallest absolute Gasteiger partial charge is 0.338 e. The van der Waals surface area contributed by atoms with Gasteiger partial charge in [0.05, 0.1) is 28.9 Å². The summed E-state index contributed by atoms with van der Waals surface area (Å²) in [6.45, 7) is 11.2. The molecule has 39 heavy (non-hydrogen) atoms. The number of thioether (sulfide) groups is 2. The Labute approximate surface area is 238 Å². The molecule has 0 radical (unpaired) electrons. The lowest BCUT2D eigenvalue weighted by Crippen LogP contribution is -2.28. The van der Waals surface area contributed by atoms with Gasteiger partial charge in [-0.05, 0) is 76.6 Å². The van der Waals surface area contributed by atoms with Crippen molar-refractivity contribution in [3.05, 3.63) is 75.0 Å². The lowest BCUT2D eigenvalue weighted by atomic mass is 9.83. The number of carbonyl (C=O) groups excluding carboxylic acids is 1. The maximum atomic E-state index is 13.4. The zero-order valence-electron chi connectivity index (χ0n) is 23.3. The van der Waals surface area contributed by atoms with Gasteiger partial charge in [0.25, 0.3) is 0 Å². The Hall–Kier alpha value is -3.44. The number of benzene rings is 1. The van der Waals surface area contributed by atoms with E-state index in [1.54, 1.807) is 32.5 Å². The molecule has 0 bridgehead atoms. The van der Waals surface area contributed by atoms with E-state index in [-0.39, 0.29) is 41.3 Å². The third-order valence-electron chi connectivity index (χ3n) is 5.92.